The minimum absolute atomic E-state index is 0.329. The van der Waals surface area contributed by atoms with Crippen LogP contribution in [0.2, 0.25) is 0 Å². The summed E-state index contributed by atoms with van der Waals surface area (Å²) in [6, 6.07) is 6.69. The van der Waals surface area contributed by atoms with E-state index in [1.807, 2.05) is 31.2 Å². The largest absolute Gasteiger partial charge is 0.494 e. The topological polar surface area (TPSA) is 89.0 Å². The highest BCUT2D eigenvalue weighted by Gasteiger charge is 2.06. The van der Waals surface area contributed by atoms with Crippen LogP contribution in [0.5, 0.6) is 5.75 Å². The summed E-state index contributed by atoms with van der Waals surface area (Å²) < 4.78 is 5.31. The molecule has 0 unspecified atom stereocenters. The van der Waals surface area contributed by atoms with Crippen molar-refractivity contribution in [1.29, 1.82) is 0 Å². The van der Waals surface area contributed by atoms with E-state index in [4.69, 9.17) is 9.57 Å². The number of hydrogen-bond donors (Lipinski definition) is 2. The maximum atomic E-state index is 11.3. The third kappa shape index (κ3) is 6.95. The molecule has 0 aromatic heterocycles. The van der Waals surface area contributed by atoms with Crippen LogP contribution >= 0.6 is 0 Å². The lowest BCUT2D eigenvalue weighted by molar-refractivity contribution is -0.124. The van der Waals surface area contributed by atoms with E-state index in [-0.39, 0.29) is 6.61 Å². The average molecular weight is 293 g/mol. The molecule has 0 saturated heterocycles. The smallest absolute Gasteiger partial charge is 0.321 e. The number of nitrogens with zero attached hydrogens (tertiary/aromatic N) is 1. The normalized spacial score (nSPS) is 10.2. The van der Waals surface area contributed by atoms with Gasteiger partial charge in [0.1, 0.15) is 5.75 Å². The predicted molar refractivity (Wildman–Crippen MR) is 78.4 cm³/mol. The molecule has 0 bridgehead atoms. The van der Waals surface area contributed by atoms with Crippen LogP contribution in [-0.2, 0) is 9.63 Å². The van der Waals surface area contributed by atoms with E-state index in [9.17, 15) is 9.59 Å². The third-order valence-electron chi connectivity index (χ3n) is 2.25. The predicted octanol–water partition coefficient (Wildman–Crippen LogP) is 1.28. The van der Waals surface area contributed by atoms with E-state index in [2.05, 4.69) is 15.8 Å². The third-order valence-corrected chi connectivity index (χ3v) is 2.25. The fourth-order valence-electron chi connectivity index (χ4n) is 1.38. The van der Waals surface area contributed by atoms with Gasteiger partial charge in [-0.3, -0.25) is 10.1 Å². The zero-order chi connectivity index (χ0) is 15.5. The highest BCUT2D eigenvalue weighted by molar-refractivity contribution is 5.94. The molecular weight excluding hydrogens is 274 g/mol. The summed E-state index contributed by atoms with van der Waals surface area (Å²) in [7, 11) is 0. The molecule has 0 heterocycles. The number of hydrogen-bond acceptors (Lipinski definition) is 5. The van der Waals surface area contributed by atoms with Crippen LogP contribution in [0, 0.1) is 0 Å². The molecule has 0 spiro atoms. The molecule has 0 radical (unpaired) electrons. The van der Waals surface area contributed by atoms with Crippen LogP contribution in [0.3, 0.4) is 0 Å². The Morgan fingerprint density at radius 3 is 2.57 bits per heavy atom. The van der Waals surface area contributed by atoms with Crippen LogP contribution in [0.4, 0.5) is 4.79 Å². The van der Waals surface area contributed by atoms with Gasteiger partial charge in [0.2, 0.25) is 0 Å². The number of nitrogens with one attached hydrogen (secondary N) is 2. The van der Waals surface area contributed by atoms with Crippen molar-refractivity contribution in [2.75, 3.05) is 19.8 Å². The number of oxime groups is 1. The molecule has 7 heteroatoms. The maximum Gasteiger partial charge on any atom is 0.321 e. The van der Waals surface area contributed by atoms with Crippen molar-refractivity contribution in [3.8, 4) is 5.75 Å². The number of carbonyl (C=O) groups excluding carboxylic acids is 2. The van der Waals surface area contributed by atoms with E-state index >= 15 is 0 Å². The lowest BCUT2D eigenvalue weighted by atomic mass is 10.2. The summed E-state index contributed by atoms with van der Waals surface area (Å²) in [6.07, 6.45) is 1.47. The van der Waals surface area contributed by atoms with Crippen LogP contribution < -0.4 is 15.4 Å². The van der Waals surface area contributed by atoms with Gasteiger partial charge in [-0.25, -0.2) is 4.79 Å². The number of rotatable bonds is 7. The Labute approximate surface area is 123 Å². The molecule has 0 aliphatic rings. The van der Waals surface area contributed by atoms with E-state index < -0.39 is 11.9 Å². The Balaban J connectivity index is 2.31. The Morgan fingerprint density at radius 2 is 1.95 bits per heavy atom. The first-order valence-electron chi connectivity index (χ1n) is 6.61. The number of imide groups is 1. The lowest BCUT2D eigenvalue weighted by Gasteiger charge is -2.03. The molecule has 0 aliphatic heterocycles. The molecule has 114 valence electrons. The summed E-state index contributed by atoms with van der Waals surface area (Å²) in [5.41, 5.74) is 0.808. The average Bonchev–Trinajstić information content (AvgIpc) is 2.46. The van der Waals surface area contributed by atoms with Gasteiger partial charge in [0, 0.05) is 6.54 Å². The van der Waals surface area contributed by atoms with Gasteiger partial charge in [-0.2, -0.15) is 0 Å². The first-order valence-corrected chi connectivity index (χ1v) is 6.61. The second-order valence-electron chi connectivity index (χ2n) is 3.92. The standard InChI is InChI=1S/C14H19N3O4/c1-3-15-14(19)17-13(18)10-21-16-9-11-5-7-12(8-6-11)20-4-2/h5-9H,3-4,10H2,1-2H3,(H2,15,17,18,19)/b16-9-. The van der Waals surface area contributed by atoms with Gasteiger partial charge in [-0.05, 0) is 43.7 Å². The molecule has 0 atom stereocenters. The second-order valence-corrected chi connectivity index (χ2v) is 3.92. The summed E-state index contributed by atoms with van der Waals surface area (Å²) in [4.78, 5) is 27.1. The van der Waals surface area contributed by atoms with Crippen molar-refractivity contribution in [1.82, 2.24) is 10.6 Å². The molecular formula is C14H19N3O4. The Bertz CT molecular complexity index is 485. The zero-order valence-electron chi connectivity index (χ0n) is 12.1. The van der Waals surface area contributed by atoms with Crippen LogP contribution in [0.1, 0.15) is 19.4 Å². The Kier molecular flexibility index (Phi) is 7.34. The highest BCUT2D eigenvalue weighted by Crippen LogP contribution is 2.10. The monoisotopic (exact) mass is 293 g/mol. The van der Waals surface area contributed by atoms with Gasteiger partial charge in [0.25, 0.3) is 5.91 Å². The van der Waals surface area contributed by atoms with Crippen LogP contribution in [-0.4, -0.2) is 37.9 Å². The number of urea groups is 1. The number of amides is 3. The van der Waals surface area contributed by atoms with Crippen molar-refractivity contribution in [3.63, 3.8) is 0 Å². The van der Waals surface area contributed by atoms with Crippen molar-refractivity contribution in [2.24, 2.45) is 5.16 Å². The van der Waals surface area contributed by atoms with Crippen molar-refractivity contribution in [3.05, 3.63) is 29.8 Å². The summed E-state index contributed by atoms with van der Waals surface area (Å²) >= 11 is 0. The molecule has 0 saturated carbocycles. The van der Waals surface area contributed by atoms with Crippen molar-refractivity contribution < 1.29 is 19.2 Å². The summed E-state index contributed by atoms with van der Waals surface area (Å²) in [6.45, 7) is 4.38. The van der Waals surface area contributed by atoms with E-state index in [1.54, 1.807) is 6.92 Å². The summed E-state index contributed by atoms with van der Waals surface area (Å²) in [5.74, 6) is 0.210. The van der Waals surface area contributed by atoms with Crippen LogP contribution in [0.25, 0.3) is 0 Å². The Hall–Kier alpha value is -2.57. The quantitative estimate of drug-likeness (QED) is 0.585. The van der Waals surface area contributed by atoms with E-state index in [1.165, 1.54) is 6.21 Å². The van der Waals surface area contributed by atoms with Gasteiger partial charge in [0.05, 0.1) is 12.8 Å². The van der Waals surface area contributed by atoms with E-state index in [0.717, 1.165) is 11.3 Å². The molecule has 0 fully saturated rings. The first kappa shape index (κ1) is 16.5. The van der Waals surface area contributed by atoms with Gasteiger partial charge >= 0.3 is 6.03 Å². The van der Waals surface area contributed by atoms with Gasteiger partial charge in [-0.15, -0.1) is 0 Å². The molecule has 21 heavy (non-hydrogen) atoms. The van der Waals surface area contributed by atoms with Crippen LogP contribution in [0.15, 0.2) is 29.4 Å². The molecule has 0 aliphatic carbocycles. The minimum Gasteiger partial charge on any atom is -0.494 e. The zero-order valence-corrected chi connectivity index (χ0v) is 12.1. The minimum atomic E-state index is -0.565. The van der Waals surface area contributed by atoms with E-state index in [0.29, 0.717) is 13.2 Å². The Morgan fingerprint density at radius 1 is 1.24 bits per heavy atom. The van der Waals surface area contributed by atoms with Crippen molar-refractivity contribution in [2.45, 2.75) is 13.8 Å². The fraction of sp³-hybridized carbons (Fsp3) is 0.357. The second kappa shape index (κ2) is 9.35. The van der Waals surface area contributed by atoms with Gasteiger partial charge in [-0.1, -0.05) is 5.16 Å². The number of benzene rings is 1. The summed E-state index contributed by atoms with van der Waals surface area (Å²) in [5, 5.41) is 8.18. The number of carbonyl (C=O) groups is 2. The highest BCUT2D eigenvalue weighted by atomic mass is 16.6. The molecule has 2 N–H and O–H groups in total. The fourth-order valence-corrected chi connectivity index (χ4v) is 1.38. The lowest BCUT2D eigenvalue weighted by Crippen LogP contribution is -2.40. The SMILES string of the molecule is CCNC(=O)NC(=O)CO/N=C\c1ccc(OCC)cc1. The first-order chi connectivity index (χ1) is 10.2. The number of ether oxygens (including phenoxy) is 1. The van der Waals surface area contributed by atoms with Gasteiger partial charge in [0.15, 0.2) is 6.61 Å². The molecule has 1 rings (SSSR count). The van der Waals surface area contributed by atoms with Gasteiger partial charge < -0.3 is 14.9 Å². The molecule has 1 aromatic rings. The molecule has 7 nitrogen and oxygen atoms in total. The molecule has 3 amide bonds. The molecule has 1 aromatic carbocycles. The maximum absolute atomic E-state index is 11.3. The van der Waals surface area contributed by atoms with Crippen molar-refractivity contribution >= 4 is 18.2 Å².